The molecule has 6 nitrogen and oxygen atoms in total. The summed E-state index contributed by atoms with van der Waals surface area (Å²) in [4.78, 5) is 14.3. The molecule has 1 aliphatic carbocycles. The van der Waals surface area contributed by atoms with Crippen LogP contribution in [0.3, 0.4) is 0 Å². The number of nitrogens with zero attached hydrogens (tertiary/aromatic N) is 1. The Hall–Kier alpha value is -1.48. The molecule has 160 valence electrons. The van der Waals surface area contributed by atoms with Crippen LogP contribution in [0.15, 0.2) is 18.2 Å². The SMILES string of the molecule is N[C@](CCCCB(O)O)(C(=O)O)C1CCN(C2CCCc3ccc(F)cc32)CC1. The molecule has 1 aliphatic heterocycles. The van der Waals surface area contributed by atoms with E-state index in [4.69, 9.17) is 15.8 Å². The van der Waals surface area contributed by atoms with E-state index in [-0.39, 0.29) is 24.1 Å². The van der Waals surface area contributed by atoms with Gasteiger partial charge in [0.05, 0.1) is 0 Å². The summed E-state index contributed by atoms with van der Waals surface area (Å²) in [5, 5.41) is 27.7. The van der Waals surface area contributed by atoms with E-state index in [0.717, 1.165) is 37.9 Å². The topological polar surface area (TPSA) is 107 Å². The van der Waals surface area contributed by atoms with Crippen molar-refractivity contribution in [3.8, 4) is 0 Å². The highest BCUT2D eigenvalue weighted by molar-refractivity contribution is 6.40. The lowest BCUT2D eigenvalue weighted by atomic mass is 9.73. The molecule has 1 aromatic carbocycles. The average Bonchev–Trinajstić information content (AvgIpc) is 2.70. The van der Waals surface area contributed by atoms with Gasteiger partial charge in [0.1, 0.15) is 11.4 Å². The molecule has 1 heterocycles. The number of fused-ring (bicyclic) bond motifs is 1. The second-order valence-electron chi connectivity index (χ2n) is 8.63. The standard InChI is InChI=1S/C21H32BFN2O4/c23-17-7-6-15-4-3-5-19(18(15)14-17)25-12-8-16(9-13-25)21(24,20(26)27)10-1-2-11-22(28)29/h6-7,14,16,19,28-29H,1-5,8-13,24H2,(H,26,27)/t19?,21-/m0/s1. The fourth-order valence-electron chi connectivity index (χ4n) is 5.08. The predicted molar refractivity (Wildman–Crippen MR) is 110 cm³/mol. The van der Waals surface area contributed by atoms with Crippen LogP contribution in [-0.4, -0.2) is 51.8 Å². The number of aliphatic carboxylic acids is 1. The molecule has 1 aromatic rings. The van der Waals surface area contributed by atoms with E-state index in [1.165, 1.54) is 11.6 Å². The molecule has 3 rings (SSSR count). The van der Waals surface area contributed by atoms with Crippen molar-refractivity contribution in [1.82, 2.24) is 4.90 Å². The first-order chi connectivity index (χ1) is 13.8. The maximum atomic E-state index is 13.8. The Morgan fingerprint density at radius 1 is 1.24 bits per heavy atom. The van der Waals surface area contributed by atoms with E-state index >= 15 is 0 Å². The van der Waals surface area contributed by atoms with Crippen molar-refractivity contribution in [2.45, 2.75) is 69.3 Å². The van der Waals surface area contributed by atoms with Gasteiger partial charge in [0.15, 0.2) is 0 Å². The Morgan fingerprint density at radius 2 is 1.97 bits per heavy atom. The monoisotopic (exact) mass is 406 g/mol. The Kier molecular flexibility index (Phi) is 7.32. The van der Waals surface area contributed by atoms with Crippen LogP contribution in [0.2, 0.25) is 6.32 Å². The molecule has 0 amide bonds. The quantitative estimate of drug-likeness (QED) is 0.390. The van der Waals surface area contributed by atoms with Gasteiger partial charge in [-0.3, -0.25) is 9.69 Å². The summed E-state index contributed by atoms with van der Waals surface area (Å²) in [6.45, 7) is 1.51. The van der Waals surface area contributed by atoms with Crippen LogP contribution in [0.25, 0.3) is 0 Å². The van der Waals surface area contributed by atoms with E-state index in [2.05, 4.69) is 4.90 Å². The number of rotatable bonds is 8. The fourth-order valence-corrected chi connectivity index (χ4v) is 5.08. The van der Waals surface area contributed by atoms with Gasteiger partial charge in [-0.2, -0.15) is 0 Å². The Balaban J connectivity index is 1.62. The maximum Gasteiger partial charge on any atom is 0.451 e. The number of carboxylic acid groups (broad SMARTS) is 1. The lowest BCUT2D eigenvalue weighted by molar-refractivity contribution is -0.147. The Bertz CT molecular complexity index is 712. The van der Waals surface area contributed by atoms with Gasteiger partial charge in [-0.25, -0.2) is 4.39 Å². The number of hydrogen-bond acceptors (Lipinski definition) is 5. The van der Waals surface area contributed by atoms with E-state index in [9.17, 15) is 14.3 Å². The molecule has 5 N–H and O–H groups in total. The first kappa shape index (κ1) is 22.2. The van der Waals surface area contributed by atoms with Crippen LogP contribution in [0.4, 0.5) is 4.39 Å². The van der Waals surface area contributed by atoms with Gasteiger partial charge in [-0.1, -0.05) is 18.9 Å². The number of nitrogens with two attached hydrogens (primary N) is 1. The molecule has 2 aliphatic rings. The highest BCUT2D eigenvalue weighted by Gasteiger charge is 2.43. The van der Waals surface area contributed by atoms with Gasteiger partial charge in [0.2, 0.25) is 0 Å². The summed E-state index contributed by atoms with van der Waals surface area (Å²) in [6.07, 6.45) is 6.11. The van der Waals surface area contributed by atoms with Crippen molar-refractivity contribution >= 4 is 13.1 Å². The Labute approximate surface area is 172 Å². The highest BCUT2D eigenvalue weighted by Crippen LogP contribution is 2.39. The lowest BCUT2D eigenvalue weighted by Crippen LogP contribution is -2.57. The fraction of sp³-hybridized carbons (Fsp3) is 0.667. The highest BCUT2D eigenvalue weighted by atomic mass is 19.1. The van der Waals surface area contributed by atoms with E-state index in [1.54, 1.807) is 6.07 Å². The second-order valence-corrected chi connectivity index (χ2v) is 8.63. The summed E-state index contributed by atoms with van der Waals surface area (Å²) in [5.74, 6) is -1.30. The maximum absolute atomic E-state index is 13.8. The zero-order valence-electron chi connectivity index (χ0n) is 16.9. The summed E-state index contributed by atoms with van der Waals surface area (Å²) in [5.41, 5.74) is 7.37. The summed E-state index contributed by atoms with van der Waals surface area (Å²) in [7, 11) is -1.36. The van der Waals surface area contributed by atoms with Gasteiger partial charge in [0.25, 0.3) is 0 Å². The first-order valence-electron chi connectivity index (χ1n) is 10.7. The van der Waals surface area contributed by atoms with Crippen molar-refractivity contribution in [3.63, 3.8) is 0 Å². The van der Waals surface area contributed by atoms with Crippen LogP contribution in [0, 0.1) is 11.7 Å². The number of benzene rings is 1. The van der Waals surface area contributed by atoms with Crippen molar-refractivity contribution in [2.24, 2.45) is 11.7 Å². The van der Waals surface area contributed by atoms with E-state index < -0.39 is 18.6 Å². The van der Waals surface area contributed by atoms with Gasteiger partial charge < -0.3 is 20.9 Å². The zero-order valence-corrected chi connectivity index (χ0v) is 16.9. The molecular weight excluding hydrogens is 374 g/mol. The summed E-state index contributed by atoms with van der Waals surface area (Å²) < 4.78 is 13.8. The lowest BCUT2D eigenvalue weighted by Gasteiger charge is -2.44. The van der Waals surface area contributed by atoms with Crippen LogP contribution >= 0.6 is 0 Å². The number of halogens is 1. The number of hydrogen-bond donors (Lipinski definition) is 4. The Morgan fingerprint density at radius 3 is 2.62 bits per heavy atom. The van der Waals surface area contributed by atoms with Gasteiger partial charge in [-0.15, -0.1) is 0 Å². The minimum Gasteiger partial charge on any atom is -0.480 e. The number of piperidine rings is 1. The molecule has 0 saturated carbocycles. The van der Waals surface area contributed by atoms with E-state index in [1.807, 2.05) is 6.07 Å². The number of carbonyl (C=O) groups is 1. The average molecular weight is 406 g/mol. The minimum atomic E-state index is -1.36. The molecule has 0 spiro atoms. The van der Waals surface area contributed by atoms with Crippen LogP contribution in [-0.2, 0) is 11.2 Å². The first-order valence-corrected chi connectivity index (χ1v) is 10.7. The number of carboxylic acids is 1. The number of likely N-dealkylation sites (tertiary alicyclic amines) is 1. The predicted octanol–water partition coefficient (Wildman–Crippen LogP) is 2.34. The minimum absolute atomic E-state index is 0.120. The molecule has 1 unspecified atom stereocenters. The normalized spacial score (nSPS) is 22.7. The van der Waals surface area contributed by atoms with Crippen LogP contribution < -0.4 is 5.73 Å². The molecule has 29 heavy (non-hydrogen) atoms. The van der Waals surface area contributed by atoms with Crippen molar-refractivity contribution in [1.29, 1.82) is 0 Å². The molecular formula is C21H32BFN2O4. The number of aryl methyl sites for hydroxylation is 1. The number of unbranched alkanes of at least 4 members (excludes halogenated alkanes) is 1. The van der Waals surface area contributed by atoms with Gasteiger partial charge in [0, 0.05) is 6.04 Å². The van der Waals surface area contributed by atoms with Gasteiger partial charge >= 0.3 is 13.1 Å². The van der Waals surface area contributed by atoms with Crippen molar-refractivity contribution in [2.75, 3.05) is 13.1 Å². The smallest absolute Gasteiger partial charge is 0.451 e. The third-order valence-corrected chi connectivity index (χ3v) is 6.79. The summed E-state index contributed by atoms with van der Waals surface area (Å²) >= 11 is 0. The molecule has 2 atom stereocenters. The largest absolute Gasteiger partial charge is 0.480 e. The van der Waals surface area contributed by atoms with Crippen LogP contribution in [0.5, 0.6) is 0 Å². The molecule has 0 aromatic heterocycles. The molecule has 0 radical (unpaired) electrons. The zero-order chi connectivity index (χ0) is 21.0. The van der Waals surface area contributed by atoms with Crippen molar-refractivity contribution in [3.05, 3.63) is 35.1 Å². The van der Waals surface area contributed by atoms with Crippen molar-refractivity contribution < 1.29 is 24.3 Å². The van der Waals surface area contributed by atoms with Gasteiger partial charge in [-0.05, 0) is 87.1 Å². The second kappa shape index (κ2) is 9.56. The molecule has 1 fully saturated rings. The third-order valence-electron chi connectivity index (χ3n) is 6.79. The molecule has 1 saturated heterocycles. The van der Waals surface area contributed by atoms with Crippen LogP contribution in [0.1, 0.15) is 62.1 Å². The molecule has 0 bridgehead atoms. The van der Waals surface area contributed by atoms with E-state index in [0.29, 0.717) is 32.1 Å². The third kappa shape index (κ3) is 5.17. The summed E-state index contributed by atoms with van der Waals surface area (Å²) in [6, 6.07) is 5.27. The molecule has 8 heteroatoms.